The summed E-state index contributed by atoms with van der Waals surface area (Å²) in [7, 11) is 0. The predicted octanol–water partition coefficient (Wildman–Crippen LogP) is 5.48. The molecule has 0 fully saturated rings. The minimum Gasteiger partial charge on any atom is -0.345 e. The van der Waals surface area contributed by atoms with E-state index in [2.05, 4.69) is 15.4 Å². The van der Waals surface area contributed by atoms with E-state index in [1.807, 2.05) is 61.5 Å². The van der Waals surface area contributed by atoms with Crippen molar-refractivity contribution in [2.75, 3.05) is 0 Å². The van der Waals surface area contributed by atoms with Crippen molar-refractivity contribution in [3.05, 3.63) is 99.8 Å². The van der Waals surface area contributed by atoms with Crippen molar-refractivity contribution >= 4 is 29.1 Å². The highest BCUT2D eigenvalue weighted by atomic mass is 35.5. The number of nitrogens with zero attached hydrogens (tertiary/aromatic N) is 3. The Balaban J connectivity index is 1.71. The Morgan fingerprint density at radius 1 is 1.00 bits per heavy atom. The SMILES string of the molecule is Cc1ccc(-n2nc(C(=O)NCc3ccccc3)nc2-c2cccc(Cl)c2)cc1Cl. The maximum Gasteiger partial charge on any atom is 0.291 e. The number of amides is 1. The van der Waals surface area contributed by atoms with Gasteiger partial charge in [0, 0.05) is 22.2 Å². The first-order valence-corrected chi connectivity index (χ1v) is 10.1. The number of hydrogen-bond donors (Lipinski definition) is 1. The monoisotopic (exact) mass is 436 g/mol. The molecule has 30 heavy (non-hydrogen) atoms. The Bertz CT molecular complexity index is 1210. The van der Waals surface area contributed by atoms with Crippen LogP contribution in [0.15, 0.2) is 72.8 Å². The van der Waals surface area contributed by atoms with Crippen LogP contribution in [0.1, 0.15) is 21.7 Å². The highest BCUT2D eigenvalue weighted by Crippen LogP contribution is 2.26. The van der Waals surface area contributed by atoms with Gasteiger partial charge in [-0.15, -0.1) is 5.10 Å². The standard InChI is InChI=1S/C23H18Cl2N4O/c1-15-10-11-19(13-20(15)25)29-22(17-8-5-9-18(24)12-17)27-21(28-29)23(30)26-14-16-6-3-2-4-7-16/h2-13H,14H2,1H3,(H,26,30). The average molecular weight is 437 g/mol. The fraction of sp³-hybridized carbons (Fsp3) is 0.0870. The van der Waals surface area contributed by atoms with Crippen LogP contribution < -0.4 is 5.32 Å². The molecule has 0 unspecified atom stereocenters. The molecule has 5 nitrogen and oxygen atoms in total. The molecule has 150 valence electrons. The normalized spacial score (nSPS) is 10.8. The van der Waals surface area contributed by atoms with Crippen LogP contribution in [0.5, 0.6) is 0 Å². The zero-order valence-corrected chi connectivity index (χ0v) is 17.7. The Labute approximate surface area is 184 Å². The van der Waals surface area contributed by atoms with Gasteiger partial charge in [0.05, 0.1) is 5.69 Å². The average Bonchev–Trinajstić information content (AvgIpc) is 3.20. The van der Waals surface area contributed by atoms with Crippen LogP contribution in [0, 0.1) is 6.92 Å². The molecule has 1 N–H and O–H groups in total. The van der Waals surface area contributed by atoms with E-state index in [4.69, 9.17) is 23.2 Å². The molecule has 1 amide bonds. The third-order valence-electron chi connectivity index (χ3n) is 4.59. The van der Waals surface area contributed by atoms with E-state index in [-0.39, 0.29) is 11.7 Å². The molecule has 0 aliphatic heterocycles. The molecule has 0 radical (unpaired) electrons. The van der Waals surface area contributed by atoms with E-state index in [0.717, 1.165) is 16.7 Å². The number of hydrogen-bond acceptors (Lipinski definition) is 3. The molecular weight excluding hydrogens is 419 g/mol. The number of carbonyl (C=O) groups excluding carboxylic acids is 1. The molecule has 0 saturated carbocycles. The molecule has 0 saturated heterocycles. The quantitative estimate of drug-likeness (QED) is 0.450. The molecule has 4 rings (SSSR count). The second-order valence-corrected chi connectivity index (χ2v) is 7.63. The van der Waals surface area contributed by atoms with Crippen molar-refractivity contribution in [3.8, 4) is 17.1 Å². The fourth-order valence-corrected chi connectivity index (χ4v) is 3.34. The smallest absolute Gasteiger partial charge is 0.291 e. The molecule has 1 heterocycles. The van der Waals surface area contributed by atoms with Gasteiger partial charge in [-0.05, 0) is 42.3 Å². The summed E-state index contributed by atoms with van der Waals surface area (Å²) in [4.78, 5) is 17.2. The number of aryl methyl sites for hydroxylation is 1. The van der Waals surface area contributed by atoms with E-state index in [1.165, 1.54) is 0 Å². The lowest BCUT2D eigenvalue weighted by molar-refractivity contribution is 0.0940. The first-order valence-electron chi connectivity index (χ1n) is 9.33. The summed E-state index contributed by atoms with van der Waals surface area (Å²) in [6.45, 7) is 2.31. The fourth-order valence-electron chi connectivity index (χ4n) is 2.97. The van der Waals surface area contributed by atoms with Crippen LogP contribution in [0.4, 0.5) is 0 Å². The van der Waals surface area contributed by atoms with Crippen LogP contribution >= 0.6 is 23.2 Å². The van der Waals surface area contributed by atoms with Gasteiger partial charge in [-0.3, -0.25) is 4.79 Å². The number of halogens is 2. The lowest BCUT2D eigenvalue weighted by Gasteiger charge is -2.08. The number of benzene rings is 3. The van der Waals surface area contributed by atoms with E-state index >= 15 is 0 Å². The maximum absolute atomic E-state index is 12.7. The summed E-state index contributed by atoms with van der Waals surface area (Å²) in [5, 5.41) is 8.50. The molecule has 0 bridgehead atoms. The summed E-state index contributed by atoms with van der Waals surface area (Å²) in [6, 6.07) is 22.5. The van der Waals surface area contributed by atoms with Gasteiger partial charge in [0.1, 0.15) is 0 Å². The Kier molecular flexibility index (Phi) is 5.84. The van der Waals surface area contributed by atoms with Gasteiger partial charge in [-0.25, -0.2) is 9.67 Å². The van der Waals surface area contributed by atoms with E-state index in [0.29, 0.717) is 28.1 Å². The van der Waals surface area contributed by atoms with Gasteiger partial charge in [0.25, 0.3) is 5.91 Å². The van der Waals surface area contributed by atoms with Gasteiger partial charge in [0.15, 0.2) is 5.82 Å². The number of nitrogens with one attached hydrogen (secondary N) is 1. The third-order valence-corrected chi connectivity index (χ3v) is 5.23. The third kappa shape index (κ3) is 4.37. The molecule has 0 aliphatic carbocycles. The van der Waals surface area contributed by atoms with Gasteiger partial charge >= 0.3 is 0 Å². The van der Waals surface area contributed by atoms with Crippen molar-refractivity contribution in [2.24, 2.45) is 0 Å². The molecule has 4 aromatic rings. The van der Waals surface area contributed by atoms with Crippen molar-refractivity contribution < 1.29 is 4.79 Å². The van der Waals surface area contributed by atoms with Crippen molar-refractivity contribution in [1.29, 1.82) is 0 Å². The highest BCUT2D eigenvalue weighted by molar-refractivity contribution is 6.31. The summed E-state index contributed by atoms with van der Waals surface area (Å²) in [5.74, 6) is 0.207. The second-order valence-electron chi connectivity index (χ2n) is 6.78. The molecule has 0 aliphatic rings. The van der Waals surface area contributed by atoms with Gasteiger partial charge < -0.3 is 5.32 Å². The topological polar surface area (TPSA) is 59.8 Å². The summed E-state index contributed by atoms with van der Waals surface area (Å²) in [6.07, 6.45) is 0. The van der Waals surface area contributed by atoms with Gasteiger partial charge in [-0.2, -0.15) is 0 Å². The van der Waals surface area contributed by atoms with E-state index in [1.54, 1.807) is 22.9 Å². The van der Waals surface area contributed by atoms with Gasteiger partial charge in [0.2, 0.25) is 5.82 Å². The second kappa shape index (κ2) is 8.69. The molecular formula is C23H18Cl2N4O. The first-order chi connectivity index (χ1) is 14.5. The first kappa shape index (κ1) is 20.1. The van der Waals surface area contributed by atoms with Gasteiger partial charge in [-0.1, -0.05) is 71.7 Å². The molecule has 0 spiro atoms. The maximum atomic E-state index is 12.7. The van der Waals surface area contributed by atoms with Crippen LogP contribution in [0.3, 0.4) is 0 Å². The van der Waals surface area contributed by atoms with Crippen molar-refractivity contribution in [3.63, 3.8) is 0 Å². The Morgan fingerprint density at radius 2 is 1.80 bits per heavy atom. The minimum absolute atomic E-state index is 0.0672. The number of rotatable bonds is 5. The van der Waals surface area contributed by atoms with Crippen LogP contribution in [-0.4, -0.2) is 20.7 Å². The van der Waals surface area contributed by atoms with E-state index in [9.17, 15) is 4.79 Å². The largest absolute Gasteiger partial charge is 0.345 e. The van der Waals surface area contributed by atoms with E-state index < -0.39 is 0 Å². The minimum atomic E-state index is -0.362. The predicted molar refractivity (Wildman–Crippen MR) is 119 cm³/mol. The lowest BCUT2D eigenvalue weighted by Crippen LogP contribution is -2.24. The van der Waals surface area contributed by atoms with Crippen molar-refractivity contribution in [2.45, 2.75) is 13.5 Å². The molecule has 0 atom stereocenters. The van der Waals surface area contributed by atoms with Crippen molar-refractivity contribution in [1.82, 2.24) is 20.1 Å². The van der Waals surface area contributed by atoms with Crippen LogP contribution in [0.2, 0.25) is 10.0 Å². The lowest BCUT2D eigenvalue weighted by atomic mass is 10.2. The van der Waals surface area contributed by atoms with Crippen LogP contribution in [-0.2, 0) is 6.54 Å². The van der Waals surface area contributed by atoms with Crippen LogP contribution in [0.25, 0.3) is 17.1 Å². The number of carbonyl (C=O) groups is 1. The zero-order valence-electron chi connectivity index (χ0n) is 16.1. The summed E-state index contributed by atoms with van der Waals surface area (Å²) in [5.41, 5.74) is 3.39. The summed E-state index contributed by atoms with van der Waals surface area (Å²) < 4.78 is 1.61. The molecule has 7 heteroatoms. The molecule has 1 aromatic heterocycles. The Morgan fingerprint density at radius 3 is 2.53 bits per heavy atom. The zero-order chi connectivity index (χ0) is 21.1. The molecule has 3 aromatic carbocycles. The Hall–Kier alpha value is -3.15. The summed E-state index contributed by atoms with van der Waals surface area (Å²) >= 11 is 12.5. The number of aromatic nitrogens is 3. The highest BCUT2D eigenvalue weighted by Gasteiger charge is 2.19.